The summed E-state index contributed by atoms with van der Waals surface area (Å²) in [6.07, 6.45) is 5.96. The summed E-state index contributed by atoms with van der Waals surface area (Å²) in [6, 6.07) is 0. The fraction of sp³-hybridized carbons (Fsp3) is 1.00. The van der Waals surface area contributed by atoms with Crippen LogP contribution in [0.25, 0.3) is 0 Å². The summed E-state index contributed by atoms with van der Waals surface area (Å²) in [6.45, 7) is 4.87. The molecule has 0 radical (unpaired) electrons. The maximum absolute atomic E-state index is 2.43. The highest BCUT2D eigenvalue weighted by molar-refractivity contribution is 8.00. The van der Waals surface area contributed by atoms with E-state index in [2.05, 4.69) is 25.6 Å². The second kappa shape index (κ2) is 3.01. The number of hydrogen-bond acceptors (Lipinski definition) is 1. The number of fused-ring (bicyclic) bond motifs is 2. The van der Waals surface area contributed by atoms with Crippen molar-refractivity contribution in [1.82, 2.24) is 0 Å². The molecule has 2 saturated heterocycles. The normalized spacial score (nSPS) is 50.7. The summed E-state index contributed by atoms with van der Waals surface area (Å²) in [4.78, 5) is 0. The molecular formula is C10H18S. The molecule has 2 aliphatic heterocycles. The molecule has 64 valence electrons. The first-order chi connectivity index (χ1) is 5.27. The van der Waals surface area contributed by atoms with Crippen LogP contribution in [-0.2, 0) is 0 Å². The van der Waals surface area contributed by atoms with E-state index in [1.165, 1.54) is 25.7 Å². The molecule has 0 amide bonds. The van der Waals surface area contributed by atoms with Gasteiger partial charge in [-0.2, -0.15) is 11.8 Å². The van der Waals surface area contributed by atoms with E-state index in [0.29, 0.717) is 0 Å². The Balaban J connectivity index is 2.02. The van der Waals surface area contributed by atoms with Gasteiger partial charge in [-0.05, 0) is 37.5 Å². The van der Waals surface area contributed by atoms with Crippen LogP contribution < -0.4 is 0 Å². The minimum Gasteiger partial charge on any atom is -0.155 e. The summed E-state index contributed by atoms with van der Waals surface area (Å²) in [7, 11) is 0. The average molecular weight is 170 g/mol. The van der Waals surface area contributed by atoms with Crippen molar-refractivity contribution in [3.8, 4) is 0 Å². The first-order valence-corrected chi connectivity index (χ1v) is 5.87. The van der Waals surface area contributed by atoms with Gasteiger partial charge >= 0.3 is 0 Å². The lowest BCUT2D eigenvalue weighted by Gasteiger charge is -2.41. The molecule has 2 bridgehead atoms. The van der Waals surface area contributed by atoms with Crippen molar-refractivity contribution >= 4 is 11.8 Å². The molecule has 0 aromatic heterocycles. The van der Waals surface area contributed by atoms with E-state index in [4.69, 9.17) is 0 Å². The monoisotopic (exact) mass is 170 g/mol. The molecule has 0 N–H and O–H groups in total. The van der Waals surface area contributed by atoms with Gasteiger partial charge in [0.05, 0.1) is 0 Å². The van der Waals surface area contributed by atoms with E-state index in [9.17, 15) is 0 Å². The van der Waals surface area contributed by atoms with Crippen LogP contribution >= 0.6 is 11.8 Å². The lowest BCUT2D eigenvalue weighted by atomic mass is 9.86. The Morgan fingerprint density at radius 1 is 0.818 bits per heavy atom. The van der Waals surface area contributed by atoms with Gasteiger partial charge in [0, 0.05) is 10.5 Å². The third kappa shape index (κ3) is 1.44. The van der Waals surface area contributed by atoms with Crippen LogP contribution in [0.5, 0.6) is 0 Å². The molecule has 0 aliphatic carbocycles. The quantitative estimate of drug-likeness (QED) is 0.537. The van der Waals surface area contributed by atoms with Crippen molar-refractivity contribution in [1.29, 1.82) is 0 Å². The fourth-order valence-corrected chi connectivity index (χ4v) is 4.23. The number of hydrogen-bond donors (Lipinski definition) is 0. The van der Waals surface area contributed by atoms with Crippen LogP contribution in [0.2, 0.25) is 0 Å². The molecule has 0 spiro atoms. The molecule has 0 unspecified atom stereocenters. The van der Waals surface area contributed by atoms with Crippen LogP contribution in [0.15, 0.2) is 0 Å². The minimum atomic E-state index is 1.00. The second-order valence-electron chi connectivity index (χ2n) is 4.32. The van der Waals surface area contributed by atoms with Crippen LogP contribution in [0.3, 0.4) is 0 Å². The lowest BCUT2D eigenvalue weighted by Crippen LogP contribution is -2.34. The predicted octanol–water partition coefficient (Wildman–Crippen LogP) is 3.32. The molecule has 2 fully saturated rings. The summed E-state index contributed by atoms with van der Waals surface area (Å²) >= 11 is 2.29. The molecule has 1 heteroatoms. The Hall–Kier alpha value is 0.350. The van der Waals surface area contributed by atoms with Gasteiger partial charge in [0.1, 0.15) is 0 Å². The summed E-state index contributed by atoms with van der Waals surface area (Å²) < 4.78 is 0. The SMILES string of the molecule is C[C@@H]1CC[C@H]2S[C@@H]1CC[C@H]2C. The number of rotatable bonds is 0. The maximum atomic E-state index is 2.43. The third-order valence-corrected chi connectivity index (χ3v) is 5.53. The van der Waals surface area contributed by atoms with Gasteiger partial charge in [0.2, 0.25) is 0 Å². The van der Waals surface area contributed by atoms with Gasteiger partial charge in [-0.3, -0.25) is 0 Å². The smallest absolute Gasteiger partial charge is 0.00756 e. The van der Waals surface area contributed by atoms with Gasteiger partial charge in [0.25, 0.3) is 0 Å². The molecule has 2 heterocycles. The Morgan fingerprint density at radius 2 is 1.27 bits per heavy atom. The van der Waals surface area contributed by atoms with Gasteiger partial charge in [-0.1, -0.05) is 13.8 Å². The van der Waals surface area contributed by atoms with E-state index >= 15 is 0 Å². The molecule has 0 aromatic carbocycles. The maximum Gasteiger partial charge on any atom is 0.00756 e. The molecular weight excluding hydrogens is 152 g/mol. The van der Waals surface area contributed by atoms with Crippen LogP contribution in [0.4, 0.5) is 0 Å². The lowest BCUT2D eigenvalue weighted by molar-refractivity contribution is 0.336. The number of thioether (sulfide) groups is 1. The van der Waals surface area contributed by atoms with E-state index in [1.54, 1.807) is 0 Å². The topological polar surface area (TPSA) is 0 Å². The molecule has 2 aliphatic rings. The van der Waals surface area contributed by atoms with Crippen molar-refractivity contribution in [3.63, 3.8) is 0 Å². The summed E-state index contributed by atoms with van der Waals surface area (Å²) in [5.74, 6) is 2.01. The second-order valence-corrected chi connectivity index (χ2v) is 5.81. The van der Waals surface area contributed by atoms with Gasteiger partial charge < -0.3 is 0 Å². The first-order valence-electron chi connectivity index (χ1n) is 4.93. The predicted molar refractivity (Wildman–Crippen MR) is 52.0 cm³/mol. The Labute approximate surface area is 74.1 Å². The highest BCUT2D eigenvalue weighted by atomic mass is 32.2. The van der Waals surface area contributed by atoms with Crippen molar-refractivity contribution in [2.45, 2.75) is 50.0 Å². The van der Waals surface area contributed by atoms with Crippen LogP contribution in [-0.4, -0.2) is 10.5 Å². The highest BCUT2D eigenvalue weighted by Gasteiger charge is 2.35. The van der Waals surface area contributed by atoms with Crippen LogP contribution in [0, 0.1) is 11.8 Å². The van der Waals surface area contributed by atoms with Crippen molar-refractivity contribution < 1.29 is 0 Å². The minimum absolute atomic E-state index is 1.00. The summed E-state index contributed by atoms with van der Waals surface area (Å²) in [5, 5.41) is 2.04. The Morgan fingerprint density at radius 3 is 1.73 bits per heavy atom. The summed E-state index contributed by atoms with van der Waals surface area (Å²) in [5.41, 5.74) is 0. The zero-order valence-corrected chi connectivity index (χ0v) is 8.36. The largest absolute Gasteiger partial charge is 0.155 e. The van der Waals surface area contributed by atoms with Gasteiger partial charge in [-0.25, -0.2) is 0 Å². The van der Waals surface area contributed by atoms with Crippen molar-refractivity contribution in [3.05, 3.63) is 0 Å². The first kappa shape index (κ1) is 7.97. The molecule has 0 aromatic rings. The van der Waals surface area contributed by atoms with Crippen LogP contribution in [0.1, 0.15) is 39.5 Å². The average Bonchev–Trinajstić information content (AvgIpc) is 2.02. The molecule has 4 atom stereocenters. The van der Waals surface area contributed by atoms with Crippen molar-refractivity contribution in [2.75, 3.05) is 0 Å². The van der Waals surface area contributed by atoms with E-state index in [-0.39, 0.29) is 0 Å². The Kier molecular flexibility index (Phi) is 2.18. The van der Waals surface area contributed by atoms with E-state index < -0.39 is 0 Å². The van der Waals surface area contributed by atoms with Gasteiger partial charge in [-0.15, -0.1) is 0 Å². The Bertz CT molecular complexity index is 128. The van der Waals surface area contributed by atoms with Crippen molar-refractivity contribution in [2.24, 2.45) is 11.8 Å². The zero-order valence-electron chi connectivity index (χ0n) is 7.55. The van der Waals surface area contributed by atoms with Gasteiger partial charge in [0.15, 0.2) is 0 Å². The third-order valence-electron chi connectivity index (χ3n) is 3.43. The molecule has 2 rings (SSSR count). The molecule has 0 saturated carbocycles. The fourth-order valence-electron chi connectivity index (χ4n) is 2.42. The molecule has 0 nitrogen and oxygen atoms in total. The molecule has 11 heavy (non-hydrogen) atoms. The van der Waals surface area contributed by atoms with E-state index in [0.717, 1.165) is 22.3 Å². The van der Waals surface area contributed by atoms with E-state index in [1.807, 2.05) is 0 Å². The zero-order chi connectivity index (χ0) is 7.84. The highest BCUT2D eigenvalue weighted by Crippen LogP contribution is 2.46. The standard InChI is InChI=1S/C10H18S/c1-7-3-5-10-8(2)4-6-9(7)11-10/h7-10H,3-6H2,1-2H3/t7-,8-,9-,10-/m1/s1.